The summed E-state index contributed by atoms with van der Waals surface area (Å²) < 4.78 is 10.2. The van der Waals surface area contributed by atoms with Gasteiger partial charge in [0.15, 0.2) is 11.5 Å². The van der Waals surface area contributed by atoms with Crippen molar-refractivity contribution in [3.8, 4) is 11.5 Å². The Morgan fingerprint density at radius 1 is 1.30 bits per heavy atom. The van der Waals surface area contributed by atoms with Crippen molar-refractivity contribution in [2.45, 2.75) is 32.4 Å². The molecule has 1 aromatic carbocycles. The van der Waals surface area contributed by atoms with Crippen LogP contribution in [0.2, 0.25) is 0 Å². The number of aliphatic hydroxyl groups excluding tert-OH is 1. The third kappa shape index (κ3) is 3.99. The Kier molecular flexibility index (Phi) is 5.57. The fourth-order valence-corrected chi connectivity index (χ4v) is 1.97. The predicted molar refractivity (Wildman–Crippen MR) is 75.6 cm³/mol. The highest BCUT2D eigenvalue weighted by Crippen LogP contribution is 2.38. The van der Waals surface area contributed by atoms with E-state index >= 15 is 0 Å². The fraction of sp³-hybridized carbons (Fsp3) is 0.538. The number of nitro benzene ring substituents is 1. The topological polar surface area (TPSA) is 93.9 Å². The van der Waals surface area contributed by atoms with Crippen molar-refractivity contribution in [3.63, 3.8) is 0 Å². The van der Waals surface area contributed by atoms with Crippen molar-refractivity contribution >= 4 is 11.4 Å². The van der Waals surface area contributed by atoms with Gasteiger partial charge >= 0.3 is 0 Å². The first-order valence-electron chi connectivity index (χ1n) is 6.24. The van der Waals surface area contributed by atoms with Gasteiger partial charge in [0, 0.05) is 12.1 Å². The Morgan fingerprint density at radius 2 is 1.85 bits per heavy atom. The van der Waals surface area contributed by atoms with E-state index in [4.69, 9.17) is 9.47 Å². The summed E-state index contributed by atoms with van der Waals surface area (Å²) in [5, 5.41) is 23.5. The highest BCUT2D eigenvalue weighted by Gasteiger charge is 2.21. The third-order valence-electron chi connectivity index (χ3n) is 2.80. The summed E-state index contributed by atoms with van der Waals surface area (Å²) in [5.41, 5.74) is 0.237. The van der Waals surface area contributed by atoms with Crippen LogP contribution in [-0.2, 0) is 0 Å². The SMILES string of the molecule is COc1cc(NC(C)CC(C)O)c([N+](=O)[O-])cc1OC. The minimum Gasteiger partial charge on any atom is -0.493 e. The van der Waals surface area contributed by atoms with Crippen LogP contribution in [0, 0.1) is 10.1 Å². The normalized spacial score (nSPS) is 13.4. The average Bonchev–Trinajstić information content (AvgIpc) is 2.36. The van der Waals surface area contributed by atoms with Crippen LogP contribution in [0.4, 0.5) is 11.4 Å². The van der Waals surface area contributed by atoms with Crippen LogP contribution < -0.4 is 14.8 Å². The number of ether oxygens (including phenoxy) is 2. The lowest BCUT2D eigenvalue weighted by atomic mass is 10.1. The highest BCUT2D eigenvalue weighted by molar-refractivity contribution is 5.68. The van der Waals surface area contributed by atoms with Crippen LogP contribution in [0.3, 0.4) is 0 Å². The number of hydrogen-bond donors (Lipinski definition) is 2. The summed E-state index contributed by atoms with van der Waals surface area (Å²) in [6.45, 7) is 3.51. The van der Waals surface area contributed by atoms with Crippen LogP contribution in [0.1, 0.15) is 20.3 Å². The number of hydrogen-bond acceptors (Lipinski definition) is 6. The number of methoxy groups -OCH3 is 2. The lowest BCUT2D eigenvalue weighted by Crippen LogP contribution is -2.21. The van der Waals surface area contributed by atoms with Crippen molar-refractivity contribution in [1.29, 1.82) is 0 Å². The number of nitro groups is 1. The molecule has 7 nitrogen and oxygen atoms in total. The van der Waals surface area contributed by atoms with Crippen molar-refractivity contribution in [3.05, 3.63) is 22.2 Å². The molecule has 0 radical (unpaired) electrons. The first kappa shape index (κ1) is 16.0. The van der Waals surface area contributed by atoms with Crippen molar-refractivity contribution < 1.29 is 19.5 Å². The lowest BCUT2D eigenvalue weighted by Gasteiger charge is -2.18. The molecule has 20 heavy (non-hydrogen) atoms. The van der Waals surface area contributed by atoms with Gasteiger partial charge in [-0.15, -0.1) is 0 Å². The number of nitrogens with one attached hydrogen (secondary N) is 1. The Balaban J connectivity index is 3.12. The quantitative estimate of drug-likeness (QED) is 0.588. The van der Waals surface area contributed by atoms with Crippen molar-refractivity contribution in [1.82, 2.24) is 0 Å². The van der Waals surface area contributed by atoms with E-state index in [-0.39, 0.29) is 11.7 Å². The molecule has 2 unspecified atom stereocenters. The molecule has 0 spiro atoms. The smallest absolute Gasteiger partial charge is 0.296 e. The summed E-state index contributed by atoms with van der Waals surface area (Å²) in [6, 6.07) is 2.72. The Bertz CT molecular complexity index is 476. The Morgan fingerprint density at radius 3 is 2.30 bits per heavy atom. The molecule has 0 heterocycles. The zero-order valence-electron chi connectivity index (χ0n) is 12.0. The van der Waals surface area contributed by atoms with Gasteiger partial charge < -0.3 is 19.9 Å². The number of anilines is 1. The Labute approximate surface area is 117 Å². The van der Waals surface area contributed by atoms with Crippen molar-refractivity contribution in [2.75, 3.05) is 19.5 Å². The second kappa shape index (κ2) is 6.95. The molecule has 0 fully saturated rings. The average molecular weight is 284 g/mol. The molecule has 7 heteroatoms. The van der Waals surface area contributed by atoms with Gasteiger partial charge in [-0.1, -0.05) is 0 Å². The Hall–Kier alpha value is -2.02. The molecule has 0 aromatic heterocycles. The maximum absolute atomic E-state index is 11.1. The van der Waals surface area contributed by atoms with E-state index in [0.717, 1.165) is 0 Å². The summed E-state index contributed by atoms with van der Waals surface area (Å²) in [6.07, 6.45) is -0.0115. The van der Waals surface area contributed by atoms with E-state index in [0.29, 0.717) is 23.6 Å². The largest absolute Gasteiger partial charge is 0.493 e. The fourth-order valence-electron chi connectivity index (χ4n) is 1.97. The third-order valence-corrected chi connectivity index (χ3v) is 2.80. The van der Waals surface area contributed by atoms with E-state index < -0.39 is 11.0 Å². The van der Waals surface area contributed by atoms with Crippen LogP contribution >= 0.6 is 0 Å². The second-order valence-electron chi connectivity index (χ2n) is 4.61. The van der Waals surface area contributed by atoms with Crippen LogP contribution in [0.5, 0.6) is 11.5 Å². The summed E-state index contributed by atoms with van der Waals surface area (Å²) in [7, 11) is 2.89. The van der Waals surface area contributed by atoms with Gasteiger partial charge in [0.2, 0.25) is 0 Å². The van der Waals surface area contributed by atoms with Gasteiger partial charge in [0.05, 0.1) is 31.3 Å². The molecule has 0 saturated carbocycles. The summed E-state index contributed by atoms with van der Waals surface area (Å²) >= 11 is 0. The standard InChI is InChI=1S/C13H20N2O5/c1-8(5-9(2)16)14-10-6-12(19-3)13(20-4)7-11(10)15(17)18/h6-9,14,16H,5H2,1-4H3. The summed E-state index contributed by atoms with van der Waals surface area (Å²) in [5.74, 6) is 0.706. The minimum absolute atomic E-state index is 0.0971. The van der Waals surface area contributed by atoms with Crippen LogP contribution in [-0.4, -0.2) is 36.4 Å². The van der Waals surface area contributed by atoms with E-state index in [1.807, 2.05) is 6.92 Å². The highest BCUT2D eigenvalue weighted by atomic mass is 16.6. The molecular formula is C13H20N2O5. The molecule has 1 rings (SSSR count). The van der Waals surface area contributed by atoms with Gasteiger partial charge in [-0.2, -0.15) is 0 Å². The zero-order valence-corrected chi connectivity index (χ0v) is 12.0. The van der Waals surface area contributed by atoms with E-state index in [1.165, 1.54) is 26.4 Å². The molecule has 2 N–H and O–H groups in total. The van der Waals surface area contributed by atoms with Crippen LogP contribution in [0.25, 0.3) is 0 Å². The molecule has 0 saturated heterocycles. The lowest BCUT2D eigenvalue weighted by molar-refractivity contribution is -0.384. The number of benzene rings is 1. The van der Waals surface area contributed by atoms with E-state index in [2.05, 4.69) is 5.32 Å². The van der Waals surface area contributed by atoms with E-state index in [1.54, 1.807) is 6.92 Å². The summed E-state index contributed by atoms with van der Waals surface area (Å²) in [4.78, 5) is 10.6. The van der Waals surface area contributed by atoms with Crippen LogP contribution in [0.15, 0.2) is 12.1 Å². The monoisotopic (exact) mass is 284 g/mol. The first-order valence-corrected chi connectivity index (χ1v) is 6.24. The second-order valence-corrected chi connectivity index (χ2v) is 4.61. The molecule has 0 amide bonds. The molecule has 2 atom stereocenters. The van der Waals surface area contributed by atoms with E-state index in [9.17, 15) is 15.2 Å². The molecule has 1 aromatic rings. The molecule has 0 bridgehead atoms. The number of nitrogens with zero attached hydrogens (tertiary/aromatic N) is 1. The van der Waals surface area contributed by atoms with Gasteiger partial charge in [-0.05, 0) is 20.3 Å². The molecule has 112 valence electrons. The van der Waals surface area contributed by atoms with Gasteiger partial charge in [-0.25, -0.2) is 0 Å². The first-order chi connectivity index (χ1) is 9.38. The molecule has 0 aliphatic carbocycles. The maximum Gasteiger partial charge on any atom is 0.296 e. The van der Waals surface area contributed by atoms with Crippen molar-refractivity contribution in [2.24, 2.45) is 0 Å². The van der Waals surface area contributed by atoms with Gasteiger partial charge in [0.25, 0.3) is 5.69 Å². The minimum atomic E-state index is -0.489. The number of aliphatic hydroxyl groups is 1. The zero-order chi connectivity index (χ0) is 15.3. The van der Waals surface area contributed by atoms with Gasteiger partial charge in [-0.3, -0.25) is 10.1 Å². The maximum atomic E-state index is 11.1. The molecular weight excluding hydrogens is 264 g/mol. The van der Waals surface area contributed by atoms with Gasteiger partial charge in [0.1, 0.15) is 5.69 Å². The predicted octanol–water partition coefficient (Wildman–Crippen LogP) is 2.18. The molecule has 0 aliphatic heterocycles. The number of rotatable bonds is 7. The molecule has 0 aliphatic rings.